The van der Waals surface area contributed by atoms with Crippen molar-refractivity contribution in [2.45, 2.75) is 77.6 Å². The summed E-state index contributed by atoms with van der Waals surface area (Å²) in [7, 11) is 0. The number of hydrogen-bond donors (Lipinski definition) is 0. The molecule has 0 spiro atoms. The monoisotopic (exact) mass is 238 g/mol. The minimum atomic E-state index is 0. The zero-order valence-corrected chi connectivity index (χ0v) is 14.0. The van der Waals surface area contributed by atoms with Crippen LogP contribution in [0.4, 0.5) is 0 Å². The minimum absolute atomic E-state index is 0. The molecule has 0 fully saturated rings. The van der Waals surface area contributed by atoms with E-state index in [2.05, 4.69) is 6.92 Å². The van der Waals surface area contributed by atoms with Crippen LogP contribution in [0.5, 0.6) is 0 Å². The van der Waals surface area contributed by atoms with Crippen LogP contribution in [0.15, 0.2) is 0 Å². The Morgan fingerprint density at radius 3 is 1.27 bits per heavy atom. The first kappa shape index (κ1) is 18.9. The third kappa shape index (κ3) is 18.2. The summed E-state index contributed by atoms with van der Waals surface area (Å²) in [6, 6.07) is 0. The number of unbranched alkanes of at least 4 members (excludes halogenated alkanes) is 10. The quantitative estimate of drug-likeness (QED) is 0.383. The van der Waals surface area contributed by atoms with E-state index in [1.807, 2.05) is 0 Å². The molecule has 0 saturated carbocycles. The maximum absolute atomic E-state index is 10.2. The van der Waals surface area contributed by atoms with Gasteiger partial charge in [-0.25, -0.2) is 0 Å². The van der Waals surface area contributed by atoms with Gasteiger partial charge in [0.1, 0.15) is 0 Å². The van der Waals surface area contributed by atoms with Crippen LogP contribution in [0.25, 0.3) is 0 Å². The molecule has 15 heavy (non-hydrogen) atoms. The Bertz CT molecular complexity index is 84.5. The van der Waals surface area contributed by atoms with Crippen molar-refractivity contribution in [2.24, 2.45) is 0 Å². The van der Waals surface area contributed by atoms with Gasteiger partial charge < -0.3 is 5.11 Å². The largest absolute Gasteiger partial charge is 1.00 e. The number of rotatable bonds is 11. The minimum Gasteiger partial charge on any atom is -0.854 e. The smallest absolute Gasteiger partial charge is 0.854 e. The summed E-state index contributed by atoms with van der Waals surface area (Å²) in [6.45, 7) is 2.38. The van der Waals surface area contributed by atoms with Crippen molar-refractivity contribution in [3.05, 3.63) is 0 Å². The molecule has 0 aromatic carbocycles. The van der Waals surface area contributed by atoms with Gasteiger partial charge in [-0.2, -0.15) is 0 Å². The van der Waals surface area contributed by atoms with Gasteiger partial charge in [-0.15, -0.1) is 6.61 Å². The molecular weight excluding hydrogens is 211 g/mol. The predicted octanol–water partition coefficient (Wildman–Crippen LogP) is 0.662. The van der Waals surface area contributed by atoms with Crippen molar-refractivity contribution in [3.63, 3.8) is 0 Å². The van der Waals surface area contributed by atoms with Crippen LogP contribution in [0.2, 0.25) is 0 Å². The van der Waals surface area contributed by atoms with E-state index in [4.69, 9.17) is 0 Å². The molecule has 0 N–H and O–H groups in total. The summed E-state index contributed by atoms with van der Waals surface area (Å²) in [4.78, 5) is 0. The van der Waals surface area contributed by atoms with Crippen molar-refractivity contribution >= 4 is 0 Å². The summed E-state index contributed by atoms with van der Waals surface area (Å²) >= 11 is 0. The van der Waals surface area contributed by atoms with Crippen LogP contribution >= 0.6 is 0 Å². The Morgan fingerprint density at radius 1 is 0.600 bits per heavy atom. The Morgan fingerprint density at radius 2 is 0.933 bits per heavy atom. The molecule has 0 aliphatic carbocycles. The summed E-state index contributed by atoms with van der Waals surface area (Å²) in [5.41, 5.74) is 0. The second kappa shape index (κ2) is 18.0. The molecule has 2 heteroatoms. The number of hydrogen-bond acceptors (Lipinski definition) is 1. The first-order valence-electron chi connectivity index (χ1n) is 6.50. The van der Waals surface area contributed by atoms with Crippen LogP contribution in [0.3, 0.4) is 0 Å². The van der Waals surface area contributed by atoms with Gasteiger partial charge in [-0.1, -0.05) is 77.6 Å². The average molecular weight is 238 g/mol. The van der Waals surface area contributed by atoms with E-state index < -0.39 is 0 Å². The maximum Gasteiger partial charge on any atom is 1.00 e. The van der Waals surface area contributed by atoms with Crippen LogP contribution < -0.4 is 56.5 Å². The zero-order valence-electron chi connectivity index (χ0n) is 10.9. The van der Waals surface area contributed by atoms with Crippen LogP contribution in [-0.2, 0) is 0 Å². The van der Waals surface area contributed by atoms with Crippen molar-refractivity contribution in [2.75, 3.05) is 6.61 Å². The molecule has 0 radical (unpaired) electrons. The van der Waals surface area contributed by atoms with Crippen molar-refractivity contribution < 1.29 is 56.5 Å². The zero-order chi connectivity index (χ0) is 10.5. The Hall–Kier alpha value is 1.60. The second-order valence-electron chi connectivity index (χ2n) is 4.24. The molecule has 0 bridgehead atoms. The third-order valence-electron chi connectivity index (χ3n) is 2.75. The summed E-state index contributed by atoms with van der Waals surface area (Å²) < 4.78 is 0. The van der Waals surface area contributed by atoms with Crippen LogP contribution in [0, 0.1) is 0 Å². The van der Waals surface area contributed by atoms with E-state index in [-0.39, 0.29) is 58.0 Å². The second-order valence-corrected chi connectivity index (χ2v) is 4.24. The van der Waals surface area contributed by atoms with Crippen LogP contribution in [0.1, 0.15) is 77.6 Å². The average Bonchev–Trinajstić information content (AvgIpc) is 2.21. The topological polar surface area (TPSA) is 23.1 Å². The molecule has 0 aliphatic heterocycles. The fourth-order valence-corrected chi connectivity index (χ4v) is 1.77. The molecule has 0 atom stereocenters. The standard InChI is InChI=1S/C13H27O.K/c1-2-3-4-5-6-7-8-9-10-11-12-13-14;/h2-13H2,1H3;/q-1;+1. The third-order valence-corrected chi connectivity index (χ3v) is 2.75. The SMILES string of the molecule is CCCCCCCCCCCCC[O-].[K+]. The van der Waals surface area contributed by atoms with Gasteiger partial charge in [-0.3, -0.25) is 0 Å². The van der Waals surface area contributed by atoms with E-state index in [1.54, 1.807) is 0 Å². The molecule has 0 aromatic rings. The maximum atomic E-state index is 10.2. The van der Waals surface area contributed by atoms with Crippen molar-refractivity contribution in [1.82, 2.24) is 0 Å². The molecular formula is C13H27KO. The Balaban J connectivity index is 0. The molecule has 0 rings (SSSR count). The van der Waals surface area contributed by atoms with Gasteiger partial charge in [0.25, 0.3) is 0 Å². The van der Waals surface area contributed by atoms with E-state index in [1.165, 1.54) is 57.8 Å². The van der Waals surface area contributed by atoms with Gasteiger partial charge in [0.05, 0.1) is 0 Å². The molecule has 0 amide bonds. The Kier molecular flexibility index (Phi) is 22.7. The summed E-state index contributed by atoms with van der Waals surface area (Å²) in [6.07, 6.45) is 14.5. The molecule has 1 nitrogen and oxygen atoms in total. The van der Waals surface area contributed by atoms with Gasteiger partial charge in [-0.05, 0) is 0 Å². The fourth-order valence-electron chi connectivity index (χ4n) is 1.77. The van der Waals surface area contributed by atoms with E-state index in [0.717, 1.165) is 12.8 Å². The van der Waals surface area contributed by atoms with E-state index in [9.17, 15) is 5.11 Å². The molecule has 0 aliphatic rings. The van der Waals surface area contributed by atoms with Crippen molar-refractivity contribution in [1.29, 1.82) is 0 Å². The first-order chi connectivity index (χ1) is 6.91. The molecule has 0 aromatic heterocycles. The van der Waals surface area contributed by atoms with Gasteiger partial charge in [0.15, 0.2) is 0 Å². The molecule has 0 heterocycles. The fraction of sp³-hybridized carbons (Fsp3) is 1.00. The normalized spacial score (nSPS) is 10.0. The summed E-state index contributed by atoms with van der Waals surface area (Å²) in [5, 5.41) is 10.2. The van der Waals surface area contributed by atoms with E-state index in [0.29, 0.717) is 0 Å². The molecule has 86 valence electrons. The first-order valence-corrected chi connectivity index (χ1v) is 6.50. The predicted molar refractivity (Wildman–Crippen MR) is 61.3 cm³/mol. The van der Waals surface area contributed by atoms with Gasteiger partial charge in [0.2, 0.25) is 0 Å². The van der Waals surface area contributed by atoms with Gasteiger partial charge >= 0.3 is 51.4 Å². The molecule has 0 saturated heterocycles. The Labute approximate surface area is 139 Å². The van der Waals surface area contributed by atoms with Gasteiger partial charge in [0, 0.05) is 0 Å². The molecule has 0 unspecified atom stereocenters. The van der Waals surface area contributed by atoms with Crippen molar-refractivity contribution in [3.8, 4) is 0 Å². The summed E-state index contributed by atoms with van der Waals surface area (Å²) in [5.74, 6) is 0. The van der Waals surface area contributed by atoms with E-state index >= 15 is 0 Å². The van der Waals surface area contributed by atoms with Crippen LogP contribution in [-0.4, -0.2) is 6.61 Å².